The maximum Gasteiger partial charge on any atom is 0.141 e. The van der Waals surface area contributed by atoms with E-state index in [-0.39, 0.29) is 5.75 Å². The summed E-state index contributed by atoms with van der Waals surface area (Å²) in [5.74, 6) is 1.24. The number of aromatic nitrogens is 3. The molecule has 94 valence electrons. The van der Waals surface area contributed by atoms with E-state index >= 15 is 0 Å². The third-order valence-corrected chi connectivity index (χ3v) is 3.53. The van der Waals surface area contributed by atoms with Crippen molar-refractivity contribution in [2.75, 3.05) is 0 Å². The van der Waals surface area contributed by atoms with Crippen molar-refractivity contribution in [3.63, 3.8) is 0 Å². The van der Waals surface area contributed by atoms with E-state index in [1.54, 1.807) is 18.3 Å². The van der Waals surface area contributed by atoms with Gasteiger partial charge >= 0.3 is 0 Å². The van der Waals surface area contributed by atoms with Gasteiger partial charge in [0, 0.05) is 17.8 Å². The molecule has 1 aromatic carbocycles. The third-order valence-electron chi connectivity index (χ3n) is 3.53. The fourth-order valence-corrected chi connectivity index (χ4v) is 2.47. The highest BCUT2D eigenvalue weighted by Crippen LogP contribution is 2.41. The maximum absolute atomic E-state index is 9.40. The zero-order valence-corrected chi connectivity index (χ0v) is 10.3. The Labute approximate surface area is 110 Å². The SMILES string of the molecule is Oc1ccc(-c2nc3cnccc3n2C2CC2)cc1. The molecule has 1 N–H and O–H groups in total. The molecule has 1 aliphatic carbocycles. The molecule has 1 aliphatic rings. The molecule has 0 bridgehead atoms. The van der Waals surface area contributed by atoms with E-state index < -0.39 is 0 Å². The molecule has 0 atom stereocenters. The first-order chi connectivity index (χ1) is 9.33. The van der Waals surface area contributed by atoms with Crippen LogP contribution in [0, 0.1) is 0 Å². The molecule has 4 rings (SSSR count). The molecule has 0 spiro atoms. The molecule has 0 amide bonds. The number of imidazole rings is 1. The zero-order chi connectivity index (χ0) is 12.8. The maximum atomic E-state index is 9.40. The zero-order valence-electron chi connectivity index (χ0n) is 10.3. The Hall–Kier alpha value is -2.36. The van der Waals surface area contributed by atoms with Crippen LogP contribution in [0.2, 0.25) is 0 Å². The van der Waals surface area contributed by atoms with Crippen molar-refractivity contribution < 1.29 is 5.11 Å². The first-order valence-electron chi connectivity index (χ1n) is 6.44. The molecule has 19 heavy (non-hydrogen) atoms. The first-order valence-corrected chi connectivity index (χ1v) is 6.44. The smallest absolute Gasteiger partial charge is 0.141 e. The van der Waals surface area contributed by atoms with Crippen molar-refractivity contribution in [2.24, 2.45) is 0 Å². The number of hydrogen-bond donors (Lipinski definition) is 1. The van der Waals surface area contributed by atoms with Gasteiger partial charge in [0.25, 0.3) is 0 Å². The van der Waals surface area contributed by atoms with Gasteiger partial charge in [-0.05, 0) is 43.2 Å². The summed E-state index contributed by atoms with van der Waals surface area (Å²) in [6.07, 6.45) is 6.03. The van der Waals surface area contributed by atoms with Crippen LogP contribution in [0.15, 0.2) is 42.7 Å². The quantitative estimate of drug-likeness (QED) is 0.761. The van der Waals surface area contributed by atoms with Gasteiger partial charge in [0.05, 0.1) is 11.7 Å². The second-order valence-corrected chi connectivity index (χ2v) is 4.95. The van der Waals surface area contributed by atoms with Crippen LogP contribution < -0.4 is 0 Å². The van der Waals surface area contributed by atoms with Crippen LogP contribution in [0.3, 0.4) is 0 Å². The lowest BCUT2D eigenvalue weighted by atomic mass is 10.2. The van der Waals surface area contributed by atoms with Crippen LogP contribution in [-0.4, -0.2) is 19.6 Å². The minimum absolute atomic E-state index is 0.277. The number of rotatable bonds is 2. The fraction of sp³-hybridized carbons (Fsp3) is 0.200. The third kappa shape index (κ3) is 1.68. The topological polar surface area (TPSA) is 50.9 Å². The van der Waals surface area contributed by atoms with E-state index in [1.807, 2.05) is 24.4 Å². The minimum atomic E-state index is 0.277. The molecule has 0 radical (unpaired) electrons. The summed E-state index contributed by atoms with van der Waals surface area (Å²) in [6, 6.07) is 9.78. The number of fused-ring (bicyclic) bond motifs is 1. The van der Waals surface area contributed by atoms with Crippen LogP contribution in [0.5, 0.6) is 5.75 Å². The summed E-state index contributed by atoms with van der Waals surface area (Å²) >= 11 is 0. The van der Waals surface area contributed by atoms with Crippen molar-refractivity contribution in [3.8, 4) is 17.1 Å². The summed E-state index contributed by atoms with van der Waals surface area (Å²) in [5.41, 5.74) is 3.10. The number of benzene rings is 1. The van der Waals surface area contributed by atoms with Crippen molar-refractivity contribution >= 4 is 11.0 Å². The summed E-state index contributed by atoms with van der Waals surface area (Å²) in [6.45, 7) is 0. The van der Waals surface area contributed by atoms with Gasteiger partial charge in [0.2, 0.25) is 0 Å². The van der Waals surface area contributed by atoms with Crippen molar-refractivity contribution in [3.05, 3.63) is 42.7 Å². The Morgan fingerprint density at radius 1 is 1.11 bits per heavy atom. The van der Waals surface area contributed by atoms with Gasteiger partial charge in [0.15, 0.2) is 0 Å². The Balaban J connectivity index is 1.98. The van der Waals surface area contributed by atoms with Crippen LogP contribution in [-0.2, 0) is 0 Å². The van der Waals surface area contributed by atoms with E-state index in [2.05, 4.69) is 9.55 Å². The second kappa shape index (κ2) is 3.82. The average molecular weight is 251 g/mol. The number of aromatic hydroxyl groups is 1. The molecule has 0 saturated heterocycles. The van der Waals surface area contributed by atoms with Gasteiger partial charge in [-0.1, -0.05) is 0 Å². The number of nitrogens with zero attached hydrogens (tertiary/aromatic N) is 3. The molecule has 4 nitrogen and oxygen atoms in total. The number of phenolic OH excluding ortho intramolecular Hbond substituents is 1. The highest BCUT2D eigenvalue weighted by Gasteiger charge is 2.28. The summed E-state index contributed by atoms with van der Waals surface area (Å²) < 4.78 is 2.30. The Morgan fingerprint density at radius 2 is 1.89 bits per heavy atom. The standard InChI is InChI=1S/C15H13N3O/c19-12-5-1-10(2-6-12)15-17-13-9-16-8-7-14(13)18(15)11-3-4-11/h1-2,5-9,11,19H,3-4H2. The van der Waals surface area contributed by atoms with E-state index in [0.717, 1.165) is 22.4 Å². The molecule has 1 fully saturated rings. The van der Waals surface area contributed by atoms with E-state index in [1.165, 1.54) is 12.8 Å². The van der Waals surface area contributed by atoms with E-state index in [9.17, 15) is 5.11 Å². The molecular weight excluding hydrogens is 238 g/mol. The molecule has 4 heteroatoms. The summed E-state index contributed by atoms with van der Waals surface area (Å²) in [4.78, 5) is 8.83. The predicted octanol–water partition coefficient (Wildman–Crippen LogP) is 3.14. The van der Waals surface area contributed by atoms with Gasteiger partial charge in [-0.3, -0.25) is 4.98 Å². The molecule has 2 aromatic heterocycles. The van der Waals surface area contributed by atoms with Crippen LogP contribution >= 0.6 is 0 Å². The molecule has 0 aliphatic heterocycles. The largest absolute Gasteiger partial charge is 0.508 e. The number of pyridine rings is 1. The first kappa shape index (κ1) is 10.6. The van der Waals surface area contributed by atoms with Gasteiger partial charge in [-0.15, -0.1) is 0 Å². The van der Waals surface area contributed by atoms with Crippen molar-refractivity contribution in [1.82, 2.24) is 14.5 Å². The molecule has 3 aromatic rings. The highest BCUT2D eigenvalue weighted by atomic mass is 16.3. The molecular formula is C15H13N3O. The minimum Gasteiger partial charge on any atom is -0.508 e. The fourth-order valence-electron chi connectivity index (χ4n) is 2.47. The normalized spacial score (nSPS) is 14.9. The Kier molecular flexibility index (Phi) is 2.12. The number of hydrogen-bond acceptors (Lipinski definition) is 3. The van der Waals surface area contributed by atoms with Crippen LogP contribution in [0.25, 0.3) is 22.4 Å². The lowest BCUT2D eigenvalue weighted by Crippen LogP contribution is -1.97. The summed E-state index contributed by atoms with van der Waals surface area (Å²) in [5, 5.41) is 9.40. The van der Waals surface area contributed by atoms with Gasteiger partial charge < -0.3 is 9.67 Å². The average Bonchev–Trinajstić information content (AvgIpc) is 3.20. The van der Waals surface area contributed by atoms with E-state index in [4.69, 9.17) is 4.98 Å². The lowest BCUT2D eigenvalue weighted by molar-refractivity contribution is 0.475. The number of phenols is 1. The predicted molar refractivity (Wildman–Crippen MR) is 72.9 cm³/mol. The Bertz CT molecular complexity index is 742. The van der Waals surface area contributed by atoms with Crippen molar-refractivity contribution in [2.45, 2.75) is 18.9 Å². The molecule has 1 saturated carbocycles. The van der Waals surface area contributed by atoms with Gasteiger partial charge in [-0.2, -0.15) is 0 Å². The Morgan fingerprint density at radius 3 is 2.63 bits per heavy atom. The lowest BCUT2D eigenvalue weighted by Gasteiger charge is -2.07. The molecule has 2 heterocycles. The van der Waals surface area contributed by atoms with Crippen LogP contribution in [0.1, 0.15) is 18.9 Å². The monoisotopic (exact) mass is 251 g/mol. The van der Waals surface area contributed by atoms with Gasteiger partial charge in [0.1, 0.15) is 17.1 Å². The highest BCUT2D eigenvalue weighted by molar-refractivity contribution is 5.80. The van der Waals surface area contributed by atoms with E-state index in [0.29, 0.717) is 6.04 Å². The summed E-state index contributed by atoms with van der Waals surface area (Å²) in [7, 11) is 0. The second-order valence-electron chi connectivity index (χ2n) is 4.95. The van der Waals surface area contributed by atoms with Crippen molar-refractivity contribution in [1.29, 1.82) is 0 Å². The molecule has 0 unspecified atom stereocenters. The van der Waals surface area contributed by atoms with Crippen LogP contribution in [0.4, 0.5) is 0 Å². The van der Waals surface area contributed by atoms with Gasteiger partial charge in [-0.25, -0.2) is 4.98 Å².